The predicted molar refractivity (Wildman–Crippen MR) is 112 cm³/mol. The molecule has 6 heteroatoms. The highest BCUT2D eigenvalue weighted by atomic mass is 16.5. The molecule has 0 spiro atoms. The molecule has 0 fully saturated rings. The standard InChI is InChI=1S/C23H22N2O4/c1-27-19-13-12-18(22(14-19)28-2)15-24-25-23(26)20-10-6-7-11-21(20)29-16-17-8-4-3-5-9-17/h3-15H,16H2,1-2H3,(H,25,26)/b24-15-. The van der Waals surface area contributed by atoms with E-state index in [1.807, 2.05) is 36.4 Å². The van der Waals surface area contributed by atoms with Crippen LogP contribution in [0.2, 0.25) is 0 Å². The Morgan fingerprint density at radius 3 is 2.45 bits per heavy atom. The third-order valence-electron chi connectivity index (χ3n) is 4.18. The van der Waals surface area contributed by atoms with Crippen LogP contribution in [0.4, 0.5) is 0 Å². The van der Waals surface area contributed by atoms with Gasteiger partial charge in [-0.2, -0.15) is 5.10 Å². The molecule has 3 aromatic carbocycles. The number of amides is 1. The van der Waals surface area contributed by atoms with E-state index in [2.05, 4.69) is 10.5 Å². The molecule has 148 valence electrons. The van der Waals surface area contributed by atoms with E-state index >= 15 is 0 Å². The van der Waals surface area contributed by atoms with Crippen LogP contribution in [-0.4, -0.2) is 26.3 Å². The Kier molecular flexibility index (Phi) is 6.84. The topological polar surface area (TPSA) is 69.2 Å². The van der Waals surface area contributed by atoms with Crippen LogP contribution in [0, 0.1) is 0 Å². The Hall–Kier alpha value is -3.80. The minimum Gasteiger partial charge on any atom is -0.497 e. The number of nitrogens with one attached hydrogen (secondary N) is 1. The molecule has 6 nitrogen and oxygen atoms in total. The molecule has 0 bridgehead atoms. The van der Waals surface area contributed by atoms with E-state index in [1.165, 1.54) is 6.21 Å². The molecular formula is C23H22N2O4. The van der Waals surface area contributed by atoms with Crippen molar-refractivity contribution >= 4 is 12.1 Å². The van der Waals surface area contributed by atoms with Gasteiger partial charge in [0.15, 0.2) is 0 Å². The maximum atomic E-state index is 12.6. The highest BCUT2D eigenvalue weighted by Crippen LogP contribution is 2.23. The van der Waals surface area contributed by atoms with Crippen LogP contribution in [0.3, 0.4) is 0 Å². The molecule has 3 aromatic rings. The van der Waals surface area contributed by atoms with Crippen LogP contribution in [0.25, 0.3) is 0 Å². The SMILES string of the molecule is COc1ccc(/C=N\NC(=O)c2ccccc2OCc2ccccc2)c(OC)c1. The minimum atomic E-state index is -0.364. The maximum Gasteiger partial charge on any atom is 0.275 e. The number of ether oxygens (including phenoxy) is 3. The van der Waals surface area contributed by atoms with Gasteiger partial charge in [0.1, 0.15) is 23.9 Å². The Bertz CT molecular complexity index is 987. The number of carbonyl (C=O) groups excluding carboxylic acids is 1. The molecule has 0 unspecified atom stereocenters. The van der Waals surface area contributed by atoms with Crippen molar-refractivity contribution in [2.75, 3.05) is 14.2 Å². The Morgan fingerprint density at radius 2 is 1.69 bits per heavy atom. The molecule has 29 heavy (non-hydrogen) atoms. The zero-order valence-electron chi connectivity index (χ0n) is 16.3. The van der Waals surface area contributed by atoms with E-state index in [0.717, 1.165) is 5.56 Å². The molecule has 0 heterocycles. The van der Waals surface area contributed by atoms with Crippen LogP contribution in [-0.2, 0) is 6.61 Å². The summed E-state index contributed by atoms with van der Waals surface area (Å²) in [5, 5.41) is 4.04. The van der Waals surface area contributed by atoms with Gasteiger partial charge in [-0.15, -0.1) is 0 Å². The molecule has 0 radical (unpaired) electrons. The minimum absolute atomic E-state index is 0.364. The first-order valence-electron chi connectivity index (χ1n) is 9.02. The van der Waals surface area contributed by atoms with Gasteiger partial charge in [0.25, 0.3) is 5.91 Å². The zero-order valence-corrected chi connectivity index (χ0v) is 16.3. The van der Waals surface area contributed by atoms with Gasteiger partial charge in [-0.05, 0) is 29.8 Å². The lowest BCUT2D eigenvalue weighted by Crippen LogP contribution is -2.18. The first-order chi connectivity index (χ1) is 14.2. The number of hydrogen-bond acceptors (Lipinski definition) is 5. The van der Waals surface area contributed by atoms with E-state index in [4.69, 9.17) is 14.2 Å². The second-order valence-electron chi connectivity index (χ2n) is 6.08. The first kappa shape index (κ1) is 19.9. The van der Waals surface area contributed by atoms with Gasteiger partial charge >= 0.3 is 0 Å². The Labute approximate surface area is 169 Å². The average molecular weight is 390 g/mol. The maximum absolute atomic E-state index is 12.6. The van der Waals surface area contributed by atoms with Crippen molar-refractivity contribution in [2.24, 2.45) is 5.10 Å². The molecule has 0 aliphatic carbocycles. The molecule has 0 atom stereocenters. The number of rotatable bonds is 8. The molecule has 3 rings (SSSR count). The van der Waals surface area contributed by atoms with Gasteiger partial charge < -0.3 is 14.2 Å². The molecular weight excluding hydrogens is 368 g/mol. The summed E-state index contributed by atoms with van der Waals surface area (Å²) in [6.45, 7) is 0.372. The number of benzene rings is 3. The molecule has 0 aliphatic rings. The molecule has 0 saturated heterocycles. The summed E-state index contributed by atoms with van der Waals surface area (Å²) < 4.78 is 16.3. The van der Waals surface area contributed by atoms with Crippen LogP contribution in [0.15, 0.2) is 77.9 Å². The van der Waals surface area contributed by atoms with Crippen molar-refractivity contribution in [1.82, 2.24) is 5.43 Å². The lowest BCUT2D eigenvalue weighted by molar-refractivity contribution is 0.0950. The summed E-state index contributed by atoms with van der Waals surface area (Å²) in [6, 6.07) is 22.2. The monoisotopic (exact) mass is 390 g/mol. The fourth-order valence-electron chi connectivity index (χ4n) is 2.66. The normalized spacial score (nSPS) is 10.6. The zero-order chi connectivity index (χ0) is 20.5. The lowest BCUT2D eigenvalue weighted by atomic mass is 10.2. The molecule has 0 saturated carbocycles. The number of nitrogens with zero attached hydrogens (tertiary/aromatic N) is 1. The van der Waals surface area contributed by atoms with Crippen molar-refractivity contribution in [3.8, 4) is 17.2 Å². The summed E-state index contributed by atoms with van der Waals surface area (Å²) in [5.74, 6) is 1.39. The summed E-state index contributed by atoms with van der Waals surface area (Å²) >= 11 is 0. The predicted octanol–water partition coefficient (Wildman–Crippen LogP) is 4.05. The van der Waals surface area contributed by atoms with Gasteiger partial charge in [-0.25, -0.2) is 5.43 Å². The summed E-state index contributed by atoms with van der Waals surface area (Å²) in [7, 11) is 3.14. The highest BCUT2D eigenvalue weighted by molar-refractivity contribution is 5.97. The highest BCUT2D eigenvalue weighted by Gasteiger charge is 2.11. The van der Waals surface area contributed by atoms with Crippen LogP contribution < -0.4 is 19.6 Å². The molecule has 0 aromatic heterocycles. The van der Waals surface area contributed by atoms with Crippen molar-refractivity contribution in [3.63, 3.8) is 0 Å². The van der Waals surface area contributed by atoms with Gasteiger partial charge in [-0.3, -0.25) is 4.79 Å². The number of carbonyl (C=O) groups is 1. The largest absolute Gasteiger partial charge is 0.497 e. The molecule has 1 N–H and O–H groups in total. The third-order valence-corrected chi connectivity index (χ3v) is 4.18. The van der Waals surface area contributed by atoms with Crippen molar-refractivity contribution < 1.29 is 19.0 Å². The summed E-state index contributed by atoms with van der Waals surface area (Å²) in [5.41, 5.74) is 4.67. The van der Waals surface area contributed by atoms with Crippen LogP contribution in [0.5, 0.6) is 17.2 Å². The second kappa shape index (κ2) is 9.94. The van der Waals surface area contributed by atoms with Gasteiger partial charge in [0.2, 0.25) is 0 Å². The van der Waals surface area contributed by atoms with Crippen LogP contribution in [0.1, 0.15) is 21.5 Å². The smallest absolute Gasteiger partial charge is 0.275 e. The molecule has 1 amide bonds. The van der Waals surface area contributed by atoms with E-state index in [0.29, 0.717) is 35.0 Å². The van der Waals surface area contributed by atoms with Crippen LogP contribution >= 0.6 is 0 Å². The quantitative estimate of drug-likeness (QED) is 0.465. The fraction of sp³-hybridized carbons (Fsp3) is 0.130. The third kappa shape index (κ3) is 5.35. The second-order valence-corrected chi connectivity index (χ2v) is 6.08. The van der Waals surface area contributed by atoms with E-state index in [9.17, 15) is 4.79 Å². The fourth-order valence-corrected chi connectivity index (χ4v) is 2.66. The van der Waals surface area contributed by atoms with Crippen molar-refractivity contribution in [1.29, 1.82) is 0 Å². The van der Waals surface area contributed by atoms with E-state index in [-0.39, 0.29) is 5.91 Å². The summed E-state index contributed by atoms with van der Waals surface area (Å²) in [6.07, 6.45) is 1.52. The van der Waals surface area contributed by atoms with E-state index in [1.54, 1.807) is 50.6 Å². The van der Waals surface area contributed by atoms with Gasteiger partial charge in [0, 0.05) is 11.6 Å². The lowest BCUT2D eigenvalue weighted by Gasteiger charge is -2.10. The summed E-state index contributed by atoms with van der Waals surface area (Å²) in [4.78, 5) is 12.6. The Morgan fingerprint density at radius 1 is 0.931 bits per heavy atom. The van der Waals surface area contributed by atoms with Gasteiger partial charge in [-0.1, -0.05) is 42.5 Å². The number of hydrazone groups is 1. The number of para-hydroxylation sites is 1. The first-order valence-corrected chi connectivity index (χ1v) is 9.02. The molecule has 0 aliphatic heterocycles. The van der Waals surface area contributed by atoms with Crippen molar-refractivity contribution in [2.45, 2.75) is 6.61 Å². The van der Waals surface area contributed by atoms with E-state index < -0.39 is 0 Å². The Balaban J connectivity index is 1.67. The van der Waals surface area contributed by atoms with Gasteiger partial charge in [0.05, 0.1) is 26.0 Å². The van der Waals surface area contributed by atoms with Crippen molar-refractivity contribution in [3.05, 3.63) is 89.5 Å². The average Bonchev–Trinajstić information content (AvgIpc) is 2.78. The number of methoxy groups -OCH3 is 2. The number of hydrogen-bond donors (Lipinski definition) is 1.